The van der Waals surface area contributed by atoms with Gasteiger partial charge in [-0.3, -0.25) is 14.4 Å². The highest BCUT2D eigenvalue weighted by Gasteiger charge is 2.17. The average molecular weight is 358 g/mol. The van der Waals surface area contributed by atoms with E-state index in [0.29, 0.717) is 11.3 Å². The van der Waals surface area contributed by atoms with Gasteiger partial charge in [0.05, 0.1) is 12.7 Å². The molecule has 0 aliphatic heterocycles. The van der Waals surface area contributed by atoms with Crippen LogP contribution in [0, 0.1) is 0 Å². The lowest BCUT2D eigenvalue weighted by Gasteiger charge is -2.10. The van der Waals surface area contributed by atoms with Gasteiger partial charge in [-0.05, 0) is 25.1 Å². The van der Waals surface area contributed by atoms with Gasteiger partial charge in [-0.1, -0.05) is 15.9 Å². The number of ether oxygens (including phenoxy) is 1. The Morgan fingerprint density at radius 2 is 2.00 bits per heavy atom. The van der Waals surface area contributed by atoms with Crippen LogP contribution in [0.3, 0.4) is 0 Å². The maximum absolute atomic E-state index is 12.1. The third-order valence-electron chi connectivity index (χ3n) is 2.79. The zero-order chi connectivity index (χ0) is 16.0. The summed E-state index contributed by atoms with van der Waals surface area (Å²) in [4.78, 5) is 34.3. The summed E-state index contributed by atoms with van der Waals surface area (Å²) < 4.78 is 5.84. The number of nitrogens with one attached hydrogen (secondary N) is 1. The molecule has 2 N–H and O–H groups in total. The Morgan fingerprint density at radius 3 is 2.57 bits per heavy atom. The van der Waals surface area contributed by atoms with Gasteiger partial charge < -0.3 is 15.2 Å². The number of carbonyl (C=O) groups excluding carboxylic acids is 2. The Morgan fingerprint density at radius 1 is 1.33 bits per heavy atom. The molecule has 0 fully saturated rings. The molecule has 1 amide bonds. The zero-order valence-corrected chi connectivity index (χ0v) is 13.3. The minimum absolute atomic E-state index is 0.0228. The fourth-order valence-electron chi connectivity index (χ4n) is 1.64. The van der Waals surface area contributed by atoms with Crippen LogP contribution in [0.5, 0.6) is 5.75 Å². The van der Waals surface area contributed by atoms with Gasteiger partial charge in [0.1, 0.15) is 11.8 Å². The summed E-state index contributed by atoms with van der Waals surface area (Å²) in [6.45, 7) is 1.36. The van der Waals surface area contributed by atoms with Crippen LogP contribution in [0.4, 0.5) is 0 Å². The van der Waals surface area contributed by atoms with E-state index in [1.807, 2.05) is 0 Å². The van der Waals surface area contributed by atoms with Crippen molar-refractivity contribution < 1.29 is 24.2 Å². The molecule has 114 valence electrons. The third kappa shape index (κ3) is 5.18. The fourth-order valence-corrected chi connectivity index (χ4v) is 2.00. The monoisotopic (exact) mass is 357 g/mol. The molecule has 0 radical (unpaired) electrons. The van der Waals surface area contributed by atoms with Gasteiger partial charge in [0.25, 0.3) is 0 Å². The van der Waals surface area contributed by atoms with Crippen LogP contribution in [-0.4, -0.2) is 35.9 Å². The molecule has 0 aromatic heterocycles. The van der Waals surface area contributed by atoms with Crippen LogP contribution in [0.1, 0.15) is 30.1 Å². The standard InChI is InChI=1S/C14H16BrNO5/c1-8(14(19)20)16-13(18)6-4-11(17)10-7-9(15)3-5-12(10)21-2/h3,5,7-8H,4,6H2,1-2H3,(H,16,18)(H,19,20)/t8-/m0/s1. The van der Waals surface area contributed by atoms with Crippen LogP contribution in [0.2, 0.25) is 0 Å². The Hall–Kier alpha value is -1.89. The number of halogens is 1. The second-order valence-electron chi connectivity index (χ2n) is 4.40. The Labute approximate surface area is 130 Å². The number of amides is 1. The van der Waals surface area contributed by atoms with E-state index in [4.69, 9.17) is 9.84 Å². The normalized spacial score (nSPS) is 11.6. The maximum Gasteiger partial charge on any atom is 0.325 e. The summed E-state index contributed by atoms with van der Waals surface area (Å²) in [5, 5.41) is 11.0. The molecule has 7 heteroatoms. The lowest BCUT2D eigenvalue weighted by atomic mass is 10.1. The molecule has 0 unspecified atom stereocenters. The predicted octanol–water partition coefficient (Wildman–Crippen LogP) is 2.01. The van der Waals surface area contributed by atoms with Crippen LogP contribution < -0.4 is 10.1 Å². The minimum atomic E-state index is -1.12. The lowest BCUT2D eigenvalue weighted by molar-refractivity contribution is -0.141. The molecule has 1 aromatic carbocycles. The van der Waals surface area contributed by atoms with Crippen molar-refractivity contribution in [3.63, 3.8) is 0 Å². The molecule has 0 heterocycles. The topological polar surface area (TPSA) is 92.7 Å². The Kier molecular flexibility index (Phi) is 6.36. The number of carboxylic acids is 1. The van der Waals surface area contributed by atoms with Gasteiger partial charge in [-0.2, -0.15) is 0 Å². The molecular weight excluding hydrogens is 342 g/mol. The summed E-state index contributed by atoms with van der Waals surface area (Å²) in [6.07, 6.45) is -0.100. The highest BCUT2D eigenvalue weighted by Crippen LogP contribution is 2.24. The molecule has 0 aliphatic carbocycles. The Balaban J connectivity index is 2.64. The molecular formula is C14H16BrNO5. The highest BCUT2D eigenvalue weighted by atomic mass is 79.9. The van der Waals surface area contributed by atoms with E-state index < -0.39 is 17.9 Å². The Bertz CT molecular complexity index is 558. The number of carboxylic acid groups (broad SMARTS) is 1. The number of rotatable bonds is 7. The molecule has 1 aromatic rings. The largest absolute Gasteiger partial charge is 0.496 e. The van der Waals surface area contributed by atoms with E-state index in [-0.39, 0.29) is 18.6 Å². The van der Waals surface area contributed by atoms with Crippen LogP contribution in [0.25, 0.3) is 0 Å². The number of benzene rings is 1. The van der Waals surface area contributed by atoms with Crippen molar-refractivity contribution in [2.75, 3.05) is 7.11 Å². The number of ketones is 1. The van der Waals surface area contributed by atoms with Crippen molar-refractivity contribution in [3.8, 4) is 5.75 Å². The average Bonchev–Trinajstić information content (AvgIpc) is 2.44. The van der Waals surface area contributed by atoms with E-state index in [1.165, 1.54) is 14.0 Å². The van der Waals surface area contributed by atoms with Gasteiger partial charge in [-0.25, -0.2) is 0 Å². The molecule has 0 saturated carbocycles. The number of hydrogen-bond donors (Lipinski definition) is 2. The summed E-state index contributed by atoms with van der Waals surface area (Å²) >= 11 is 3.27. The summed E-state index contributed by atoms with van der Waals surface area (Å²) in [6, 6.07) is 4.05. The van der Waals surface area contributed by atoms with Gasteiger partial charge in [-0.15, -0.1) is 0 Å². The van der Waals surface area contributed by atoms with Crippen molar-refractivity contribution in [1.82, 2.24) is 5.32 Å². The fraction of sp³-hybridized carbons (Fsp3) is 0.357. The maximum atomic E-state index is 12.1. The van der Waals surface area contributed by atoms with Gasteiger partial charge in [0.2, 0.25) is 5.91 Å². The van der Waals surface area contributed by atoms with E-state index in [9.17, 15) is 14.4 Å². The molecule has 1 rings (SSSR count). The molecule has 0 bridgehead atoms. The van der Waals surface area contributed by atoms with Crippen LogP contribution >= 0.6 is 15.9 Å². The molecule has 6 nitrogen and oxygen atoms in total. The first-order valence-corrected chi connectivity index (χ1v) is 7.03. The molecule has 1 atom stereocenters. The summed E-state index contributed by atoms with van der Waals surface area (Å²) in [5.74, 6) is -1.41. The second-order valence-corrected chi connectivity index (χ2v) is 5.31. The lowest BCUT2D eigenvalue weighted by Crippen LogP contribution is -2.38. The smallest absolute Gasteiger partial charge is 0.325 e. The first-order chi connectivity index (χ1) is 9.85. The van der Waals surface area contributed by atoms with E-state index in [0.717, 1.165) is 4.47 Å². The van der Waals surface area contributed by atoms with Crippen molar-refractivity contribution in [3.05, 3.63) is 28.2 Å². The minimum Gasteiger partial charge on any atom is -0.496 e. The number of carbonyl (C=O) groups is 3. The van der Waals surface area contributed by atoms with Crippen molar-refractivity contribution in [2.45, 2.75) is 25.8 Å². The molecule has 0 aliphatic rings. The van der Waals surface area contributed by atoms with Crippen molar-refractivity contribution in [2.24, 2.45) is 0 Å². The quantitative estimate of drug-likeness (QED) is 0.728. The van der Waals surface area contributed by atoms with E-state index in [2.05, 4.69) is 21.2 Å². The predicted molar refractivity (Wildman–Crippen MR) is 79.5 cm³/mol. The number of hydrogen-bond acceptors (Lipinski definition) is 4. The van der Waals surface area contributed by atoms with E-state index in [1.54, 1.807) is 18.2 Å². The van der Waals surface area contributed by atoms with Gasteiger partial charge >= 0.3 is 5.97 Å². The highest BCUT2D eigenvalue weighted by molar-refractivity contribution is 9.10. The third-order valence-corrected chi connectivity index (χ3v) is 3.28. The number of aliphatic carboxylic acids is 1. The summed E-state index contributed by atoms with van der Waals surface area (Å²) in [7, 11) is 1.46. The van der Waals surface area contributed by atoms with Crippen LogP contribution in [0.15, 0.2) is 22.7 Å². The molecule has 0 saturated heterocycles. The number of methoxy groups -OCH3 is 1. The second kappa shape index (κ2) is 7.78. The van der Waals surface area contributed by atoms with Gasteiger partial charge in [0.15, 0.2) is 5.78 Å². The summed E-state index contributed by atoms with van der Waals surface area (Å²) in [5.41, 5.74) is 0.381. The van der Waals surface area contributed by atoms with Gasteiger partial charge in [0, 0.05) is 17.3 Å². The molecule has 21 heavy (non-hydrogen) atoms. The first kappa shape index (κ1) is 17.2. The van der Waals surface area contributed by atoms with Crippen molar-refractivity contribution >= 4 is 33.6 Å². The SMILES string of the molecule is COc1ccc(Br)cc1C(=O)CCC(=O)N[C@@H](C)C(=O)O. The number of Topliss-reactive ketones (excluding diaryl/α,β-unsaturated/α-hetero) is 1. The zero-order valence-electron chi connectivity index (χ0n) is 11.7. The first-order valence-electron chi connectivity index (χ1n) is 6.24. The van der Waals surface area contributed by atoms with E-state index >= 15 is 0 Å². The van der Waals surface area contributed by atoms with Crippen LogP contribution in [-0.2, 0) is 9.59 Å². The molecule has 0 spiro atoms. The van der Waals surface area contributed by atoms with Crippen molar-refractivity contribution in [1.29, 1.82) is 0 Å².